The fourth-order valence-electron chi connectivity index (χ4n) is 3.83. The molecule has 0 saturated carbocycles. The van der Waals surface area contributed by atoms with Crippen molar-refractivity contribution in [3.8, 4) is 11.4 Å². The number of benzene rings is 3. The standard InChI is InChI=1S/C27H27FN6O4/c1-31(2)14-15-32(3)24-16-22-23(17-25(24)34(37)38)33(36)27(30-22)19-7-11-21(12-8-19)29-26(35)13-6-18-4-9-20(28)10-5-18/h4-13,16-17,36H,14-15H2,1-3H3,(H,29,35). The molecule has 4 rings (SSSR count). The van der Waals surface area contributed by atoms with Gasteiger partial charge in [-0.1, -0.05) is 12.1 Å². The van der Waals surface area contributed by atoms with Crippen LogP contribution in [-0.2, 0) is 4.79 Å². The van der Waals surface area contributed by atoms with Crippen LogP contribution < -0.4 is 10.2 Å². The Hall–Kier alpha value is -4.77. The van der Waals surface area contributed by atoms with Crippen molar-refractivity contribution in [2.45, 2.75) is 0 Å². The number of imidazole rings is 1. The highest BCUT2D eigenvalue weighted by Gasteiger charge is 2.23. The molecule has 3 aromatic carbocycles. The van der Waals surface area contributed by atoms with Crippen LogP contribution >= 0.6 is 0 Å². The number of likely N-dealkylation sites (N-methyl/N-ethyl adjacent to an activating group) is 2. The molecule has 1 aromatic heterocycles. The molecule has 4 aromatic rings. The molecule has 1 amide bonds. The highest BCUT2D eigenvalue weighted by Crippen LogP contribution is 2.34. The van der Waals surface area contributed by atoms with Crippen LogP contribution in [0.5, 0.6) is 0 Å². The van der Waals surface area contributed by atoms with Gasteiger partial charge in [-0.15, -0.1) is 0 Å². The van der Waals surface area contributed by atoms with Crippen LogP contribution in [0.2, 0.25) is 0 Å². The molecule has 0 unspecified atom stereocenters. The number of hydrogen-bond donors (Lipinski definition) is 2. The number of nitro benzene ring substituents is 1. The smallest absolute Gasteiger partial charge is 0.294 e. The maximum atomic E-state index is 13.0. The Morgan fingerprint density at radius 1 is 1.11 bits per heavy atom. The number of nitrogens with zero attached hydrogens (tertiary/aromatic N) is 5. The molecule has 10 nitrogen and oxygen atoms in total. The van der Waals surface area contributed by atoms with Gasteiger partial charge in [0.2, 0.25) is 5.91 Å². The quantitative estimate of drug-likeness (QED) is 0.144. The molecular formula is C27H27FN6O4. The lowest BCUT2D eigenvalue weighted by atomic mass is 10.2. The summed E-state index contributed by atoms with van der Waals surface area (Å²) >= 11 is 0. The van der Waals surface area contributed by atoms with Crippen molar-refractivity contribution in [2.75, 3.05) is 44.4 Å². The molecule has 38 heavy (non-hydrogen) atoms. The topological polar surface area (TPSA) is 117 Å². The van der Waals surface area contributed by atoms with Gasteiger partial charge in [0.25, 0.3) is 5.69 Å². The monoisotopic (exact) mass is 518 g/mol. The summed E-state index contributed by atoms with van der Waals surface area (Å²) in [5.41, 5.74) is 2.64. The zero-order valence-corrected chi connectivity index (χ0v) is 21.1. The van der Waals surface area contributed by atoms with E-state index in [0.717, 1.165) is 4.73 Å². The van der Waals surface area contributed by atoms with Gasteiger partial charge in [-0.05, 0) is 68.2 Å². The molecule has 11 heteroatoms. The molecule has 1 heterocycles. The van der Waals surface area contributed by atoms with Crippen molar-refractivity contribution in [3.63, 3.8) is 0 Å². The number of fused-ring (bicyclic) bond motifs is 1. The van der Waals surface area contributed by atoms with Crippen LogP contribution in [-0.4, -0.2) is 64.9 Å². The second-order valence-electron chi connectivity index (χ2n) is 9.01. The van der Waals surface area contributed by atoms with Gasteiger partial charge in [-0.25, -0.2) is 9.37 Å². The number of carbonyl (C=O) groups is 1. The molecular weight excluding hydrogens is 491 g/mol. The summed E-state index contributed by atoms with van der Waals surface area (Å²) < 4.78 is 13.8. The molecule has 0 aliphatic rings. The van der Waals surface area contributed by atoms with E-state index in [0.29, 0.717) is 41.1 Å². The largest absolute Gasteiger partial charge is 0.426 e. The van der Waals surface area contributed by atoms with Crippen molar-refractivity contribution in [3.05, 3.63) is 88.2 Å². The lowest BCUT2D eigenvalue weighted by molar-refractivity contribution is -0.384. The van der Waals surface area contributed by atoms with Gasteiger partial charge in [0, 0.05) is 43.5 Å². The number of nitro groups is 1. The fraction of sp³-hybridized carbons (Fsp3) is 0.185. The lowest BCUT2D eigenvalue weighted by Crippen LogP contribution is -2.28. The van der Waals surface area contributed by atoms with Crippen molar-refractivity contribution in [1.29, 1.82) is 0 Å². The molecule has 0 aliphatic carbocycles. The van der Waals surface area contributed by atoms with Crippen molar-refractivity contribution in [2.24, 2.45) is 0 Å². The SMILES string of the molecule is CN(C)CCN(C)c1cc2nc(-c3ccc(NC(=O)C=Cc4ccc(F)cc4)cc3)n(O)c2cc1[N+](=O)[O-]. The molecule has 0 atom stereocenters. The van der Waals surface area contributed by atoms with E-state index in [-0.39, 0.29) is 28.8 Å². The Bertz CT molecular complexity index is 1500. The van der Waals surface area contributed by atoms with Gasteiger partial charge in [-0.2, -0.15) is 4.73 Å². The third-order valence-corrected chi connectivity index (χ3v) is 5.93. The van der Waals surface area contributed by atoms with E-state index in [1.807, 2.05) is 19.0 Å². The maximum absolute atomic E-state index is 13.0. The summed E-state index contributed by atoms with van der Waals surface area (Å²) in [6.45, 7) is 1.27. The highest BCUT2D eigenvalue weighted by atomic mass is 19.1. The van der Waals surface area contributed by atoms with Crippen LogP contribution in [0.25, 0.3) is 28.5 Å². The summed E-state index contributed by atoms with van der Waals surface area (Å²) in [5.74, 6) is -0.514. The van der Waals surface area contributed by atoms with Gasteiger partial charge in [0.15, 0.2) is 5.82 Å². The van der Waals surface area contributed by atoms with Crippen molar-refractivity contribution in [1.82, 2.24) is 14.6 Å². The minimum atomic E-state index is -0.477. The predicted molar refractivity (Wildman–Crippen MR) is 145 cm³/mol. The molecule has 0 saturated heterocycles. The highest BCUT2D eigenvalue weighted by molar-refractivity contribution is 6.02. The molecule has 0 aliphatic heterocycles. The Balaban J connectivity index is 1.55. The zero-order valence-electron chi connectivity index (χ0n) is 21.1. The molecule has 196 valence electrons. The minimum Gasteiger partial charge on any atom is -0.426 e. The predicted octanol–water partition coefficient (Wildman–Crippen LogP) is 4.64. The third kappa shape index (κ3) is 5.95. The van der Waals surface area contributed by atoms with E-state index < -0.39 is 4.92 Å². The van der Waals surface area contributed by atoms with Crippen LogP contribution in [0.15, 0.2) is 66.7 Å². The summed E-state index contributed by atoms with van der Waals surface area (Å²) in [6.07, 6.45) is 2.91. The number of anilines is 2. The molecule has 0 bridgehead atoms. The van der Waals surface area contributed by atoms with Gasteiger partial charge in [0.1, 0.15) is 17.0 Å². The van der Waals surface area contributed by atoms with Crippen LogP contribution in [0.1, 0.15) is 5.56 Å². The summed E-state index contributed by atoms with van der Waals surface area (Å²) in [4.78, 5) is 31.8. The van der Waals surface area contributed by atoms with Gasteiger partial charge in [-0.3, -0.25) is 14.9 Å². The van der Waals surface area contributed by atoms with E-state index in [9.17, 15) is 24.5 Å². The summed E-state index contributed by atoms with van der Waals surface area (Å²) in [6, 6.07) is 15.3. The molecule has 0 spiro atoms. The molecule has 0 fully saturated rings. The molecule has 0 radical (unpaired) electrons. The minimum absolute atomic E-state index is 0.132. The Morgan fingerprint density at radius 2 is 1.79 bits per heavy atom. The Kier molecular flexibility index (Phi) is 7.68. The zero-order chi connectivity index (χ0) is 27.4. The first-order valence-corrected chi connectivity index (χ1v) is 11.7. The summed E-state index contributed by atoms with van der Waals surface area (Å²) in [5, 5.41) is 25.3. The van der Waals surface area contributed by atoms with Gasteiger partial charge < -0.3 is 20.3 Å². The van der Waals surface area contributed by atoms with E-state index >= 15 is 0 Å². The van der Waals surface area contributed by atoms with Crippen LogP contribution in [0.3, 0.4) is 0 Å². The van der Waals surface area contributed by atoms with Gasteiger partial charge >= 0.3 is 0 Å². The second kappa shape index (κ2) is 11.1. The second-order valence-corrected chi connectivity index (χ2v) is 9.01. The molecule has 2 N–H and O–H groups in total. The number of carbonyl (C=O) groups excluding carboxylic acids is 1. The summed E-state index contributed by atoms with van der Waals surface area (Å²) in [7, 11) is 5.62. The number of halogens is 1. The van der Waals surface area contributed by atoms with Crippen LogP contribution in [0.4, 0.5) is 21.5 Å². The number of rotatable bonds is 9. The van der Waals surface area contributed by atoms with Crippen LogP contribution in [0, 0.1) is 15.9 Å². The first kappa shape index (κ1) is 26.3. The first-order valence-electron chi connectivity index (χ1n) is 11.7. The van der Waals surface area contributed by atoms with Crippen molar-refractivity contribution < 1.29 is 19.3 Å². The van der Waals surface area contributed by atoms with E-state index in [4.69, 9.17) is 0 Å². The Labute approximate surface area is 218 Å². The average Bonchev–Trinajstić information content (AvgIpc) is 3.22. The van der Waals surface area contributed by atoms with Crippen molar-refractivity contribution >= 4 is 40.1 Å². The van der Waals surface area contributed by atoms with E-state index in [1.54, 1.807) is 60.5 Å². The normalized spacial score (nSPS) is 11.4. The number of amides is 1. The maximum Gasteiger partial charge on any atom is 0.294 e. The van der Waals surface area contributed by atoms with E-state index in [2.05, 4.69) is 10.3 Å². The fourth-order valence-corrected chi connectivity index (χ4v) is 3.83. The number of hydrogen-bond acceptors (Lipinski definition) is 7. The number of aromatic nitrogens is 2. The average molecular weight is 519 g/mol. The van der Waals surface area contributed by atoms with E-state index in [1.165, 1.54) is 24.3 Å². The third-order valence-electron chi connectivity index (χ3n) is 5.93. The first-order chi connectivity index (χ1) is 18.1. The lowest BCUT2D eigenvalue weighted by Gasteiger charge is -2.21. The Morgan fingerprint density at radius 3 is 2.42 bits per heavy atom. The number of nitrogens with one attached hydrogen (secondary N) is 1. The van der Waals surface area contributed by atoms with Gasteiger partial charge in [0.05, 0.1) is 10.4 Å².